The van der Waals surface area contributed by atoms with E-state index in [9.17, 15) is 0 Å². The smallest absolute Gasteiger partial charge is 0.137 e. The largest absolute Gasteiger partial charge is 0.456 e. The lowest BCUT2D eigenvalue weighted by Crippen LogP contribution is -2.26. The van der Waals surface area contributed by atoms with E-state index in [1.807, 2.05) is 0 Å². The standard InChI is InChI=1S/C72H47NO/c1-71(2)61-26-11-7-21-53(61)57-37-35-48(40-65(57)71)73(49-36-38-58-56-24-10-14-29-64(56)72(66(58)41-49)62-27-12-8-22-54(62)55-23-9-13-28-63(55)72)67-43-69-60(70-52-20-6-4-17-45(52)34-39-68(70)74-69)42-59(67)47-32-30-46(31-33-47)51-25-15-18-44-16-3-5-19-50(44)51/h3-43H,1-2H3. The van der Waals surface area contributed by atoms with Gasteiger partial charge < -0.3 is 9.32 Å². The average Bonchev–Trinajstić information content (AvgIpc) is 4.22. The summed E-state index contributed by atoms with van der Waals surface area (Å²) in [7, 11) is 0. The number of nitrogens with zero attached hydrogens (tertiary/aromatic N) is 1. The number of anilines is 3. The molecule has 16 rings (SSSR count). The summed E-state index contributed by atoms with van der Waals surface area (Å²) in [5.41, 5.74) is 24.6. The van der Waals surface area contributed by atoms with E-state index in [2.05, 4.69) is 267 Å². The van der Waals surface area contributed by atoms with Gasteiger partial charge in [-0.1, -0.05) is 220 Å². The van der Waals surface area contributed by atoms with E-state index < -0.39 is 5.41 Å². The van der Waals surface area contributed by atoms with Gasteiger partial charge in [0.25, 0.3) is 0 Å². The van der Waals surface area contributed by atoms with Crippen LogP contribution < -0.4 is 4.90 Å². The molecule has 13 aromatic rings. The first-order chi connectivity index (χ1) is 36.4. The number of fused-ring (bicyclic) bond motifs is 19. The molecular weight excluding hydrogens is 895 g/mol. The Kier molecular flexibility index (Phi) is 8.47. The van der Waals surface area contributed by atoms with E-state index in [4.69, 9.17) is 4.42 Å². The van der Waals surface area contributed by atoms with Crippen LogP contribution in [0.25, 0.3) is 99.1 Å². The van der Waals surface area contributed by atoms with Gasteiger partial charge in [-0.3, -0.25) is 0 Å². The third-order valence-corrected chi connectivity index (χ3v) is 17.1. The van der Waals surface area contributed by atoms with E-state index in [0.29, 0.717) is 0 Å². The highest BCUT2D eigenvalue weighted by Gasteiger charge is 2.51. The molecule has 0 N–H and O–H groups in total. The number of benzene rings is 12. The van der Waals surface area contributed by atoms with Crippen LogP contribution in [0.5, 0.6) is 0 Å². The van der Waals surface area contributed by atoms with Crippen LogP contribution in [0.2, 0.25) is 0 Å². The lowest BCUT2D eigenvalue weighted by molar-refractivity contribution is 0.660. The molecule has 346 valence electrons. The summed E-state index contributed by atoms with van der Waals surface area (Å²) in [6, 6.07) is 93.0. The van der Waals surface area contributed by atoms with Gasteiger partial charge >= 0.3 is 0 Å². The molecule has 0 unspecified atom stereocenters. The normalized spacial score (nSPS) is 14.0. The van der Waals surface area contributed by atoms with Crippen LogP contribution >= 0.6 is 0 Å². The first kappa shape index (κ1) is 41.4. The second kappa shape index (κ2) is 15.1. The van der Waals surface area contributed by atoms with Crippen LogP contribution in [0.3, 0.4) is 0 Å². The molecule has 1 heterocycles. The first-order valence-corrected chi connectivity index (χ1v) is 25.9. The van der Waals surface area contributed by atoms with Crippen molar-refractivity contribution in [1.29, 1.82) is 0 Å². The summed E-state index contributed by atoms with van der Waals surface area (Å²) in [6.45, 7) is 4.76. The van der Waals surface area contributed by atoms with Gasteiger partial charge in [-0.25, -0.2) is 0 Å². The fourth-order valence-electron chi connectivity index (χ4n) is 13.8. The molecule has 0 saturated carbocycles. The van der Waals surface area contributed by atoms with Crippen LogP contribution in [0.15, 0.2) is 253 Å². The zero-order valence-corrected chi connectivity index (χ0v) is 41.0. The van der Waals surface area contributed by atoms with Gasteiger partial charge in [0.05, 0.1) is 11.1 Å². The van der Waals surface area contributed by atoms with Crippen molar-refractivity contribution in [3.63, 3.8) is 0 Å². The van der Waals surface area contributed by atoms with Crippen molar-refractivity contribution in [3.8, 4) is 55.6 Å². The summed E-state index contributed by atoms with van der Waals surface area (Å²) in [5, 5.41) is 7.10. The molecule has 0 radical (unpaired) electrons. The predicted molar refractivity (Wildman–Crippen MR) is 308 cm³/mol. The third-order valence-electron chi connectivity index (χ3n) is 17.1. The van der Waals surface area contributed by atoms with Crippen LogP contribution in [0, 0.1) is 0 Å². The molecular formula is C72H47NO. The van der Waals surface area contributed by atoms with Crippen molar-refractivity contribution in [3.05, 3.63) is 282 Å². The molecule has 0 fully saturated rings. The summed E-state index contributed by atoms with van der Waals surface area (Å²) in [5.74, 6) is 0. The Bertz CT molecular complexity index is 4460. The molecule has 1 aromatic heterocycles. The quantitative estimate of drug-likeness (QED) is 0.171. The molecule has 74 heavy (non-hydrogen) atoms. The van der Waals surface area contributed by atoms with Gasteiger partial charge in [-0.15, -0.1) is 0 Å². The molecule has 0 amide bonds. The summed E-state index contributed by atoms with van der Waals surface area (Å²) < 4.78 is 7.03. The Balaban J connectivity index is 0.990. The SMILES string of the molecule is CC1(C)c2ccccc2-c2ccc(N(c3ccc4c(c3)C3(c5ccccc5-c5ccccc53)c3ccccc3-4)c3cc4oc5ccc6ccccc6c5c4cc3-c3ccc(-c4cccc5ccccc45)cc3)cc21. The van der Waals surface area contributed by atoms with Gasteiger partial charge in [0.1, 0.15) is 11.2 Å². The summed E-state index contributed by atoms with van der Waals surface area (Å²) in [4.78, 5) is 2.53. The highest BCUT2D eigenvalue weighted by Crippen LogP contribution is 2.64. The highest BCUT2D eigenvalue weighted by molar-refractivity contribution is 6.20. The lowest BCUT2D eigenvalue weighted by Gasteiger charge is -2.33. The minimum Gasteiger partial charge on any atom is -0.456 e. The topological polar surface area (TPSA) is 16.4 Å². The van der Waals surface area contributed by atoms with E-state index in [0.717, 1.165) is 50.1 Å². The molecule has 0 saturated heterocycles. The lowest BCUT2D eigenvalue weighted by atomic mass is 9.70. The van der Waals surface area contributed by atoms with Crippen molar-refractivity contribution < 1.29 is 4.42 Å². The van der Waals surface area contributed by atoms with Gasteiger partial charge in [-0.2, -0.15) is 0 Å². The zero-order valence-electron chi connectivity index (χ0n) is 41.0. The Labute approximate surface area is 430 Å². The van der Waals surface area contributed by atoms with Crippen molar-refractivity contribution in [2.45, 2.75) is 24.7 Å². The molecule has 3 aliphatic rings. The first-order valence-electron chi connectivity index (χ1n) is 25.9. The average molecular weight is 942 g/mol. The Morgan fingerprint density at radius 1 is 0.311 bits per heavy atom. The molecule has 1 spiro atoms. The second-order valence-corrected chi connectivity index (χ2v) is 21.1. The Hall–Kier alpha value is -9.24. The van der Waals surface area contributed by atoms with Crippen molar-refractivity contribution in [1.82, 2.24) is 0 Å². The van der Waals surface area contributed by atoms with Crippen molar-refractivity contribution in [2.24, 2.45) is 0 Å². The van der Waals surface area contributed by atoms with Crippen LogP contribution in [0.4, 0.5) is 17.1 Å². The van der Waals surface area contributed by atoms with Crippen LogP contribution in [-0.4, -0.2) is 0 Å². The van der Waals surface area contributed by atoms with Gasteiger partial charge in [0, 0.05) is 39.2 Å². The number of hydrogen-bond acceptors (Lipinski definition) is 2. The van der Waals surface area contributed by atoms with Crippen molar-refractivity contribution >= 4 is 60.5 Å². The fourth-order valence-corrected chi connectivity index (χ4v) is 13.8. The zero-order chi connectivity index (χ0) is 48.9. The molecule has 0 bridgehead atoms. The minimum atomic E-state index is -0.508. The van der Waals surface area contributed by atoms with Crippen LogP contribution in [0.1, 0.15) is 47.2 Å². The fraction of sp³-hybridized carbons (Fsp3) is 0.0556. The molecule has 12 aromatic carbocycles. The van der Waals surface area contributed by atoms with E-state index >= 15 is 0 Å². The number of hydrogen-bond donors (Lipinski definition) is 0. The van der Waals surface area contributed by atoms with E-state index in [-0.39, 0.29) is 5.41 Å². The molecule has 3 aliphatic carbocycles. The summed E-state index contributed by atoms with van der Waals surface area (Å²) >= 11 is 0. The predicted octanol–water partition coefficient (Wildman–Crippen LogP) is 19.3. The third kappa shape index (κ3) is 5.55. The Morgan fingerprint density at radius 3 is 1.43 bits per heavy atom. The van der Waals surface area contributed by atoms with Gasteiger partial charge in [-0.05, 0) is 141 Å². The molecule has 0 aliphatic heterocycles. The van der Waals surface area contributed by atoms with E-state index in [1.165, 1.54) is 99.4 Å². The maximum absolute atomic E-state index is 7.03. The monoisotopic (exact) mass is 941 g/mol. The number of furan rings is 1. The number of rotatable bonds is 5. The Morgan fingerprint density at radius 2 is 0.784 bits per heavy atom. The minimum absolute atomic E-state index is 0.210. The maximum atomic E-state index is 7.03. The van der Waals surface area contributed by atoms with Gasteiger partial charge in [0.2, 0.25) is 0 Å². The van der Waals surface area contributed by atoms with Crippen molar-refractivity contribution in [2.75, 3.05) is 4.90 Å². The summed E-state index contributed by atoms with van der Waals surface area (Å²) in [6.07, 6.45) is 0. The molecule has 2 heteroatoms. The maximum Gasteiger partial charge on any atom is 0.137 e. The highest BCUT2D eigenvalue weighted by atomic mass is 16.3. The molecule has 2 nitrogen and oxygen atoms in total. The van der Waals surface area contributed by atoms with E-state index in [1.54, 1.807) is 0 Å². The van der Waals surface area contributed by atoms with Gasteiger partial charge in [0.15, 0.2) is 0 Å². The second-order valence-electron chi connectivity index (χ2n) is 21.1. The molecule has 0 atom stereocenters. The van der Waals surface area contributed by atoms with Crippen LogP contribution in [-0.2, 0) is 10.8 Å².